The molecule has 0 saturated heterocycles. The molecule has 0 aliphatic rings. The number of anilines is 1. The second kappa shape index (κ2) is 9.71. The van der Waals surface area contributed by atoms with E-state index in [1.165, 1.54) is 12.1 Å². The Balaban J connectivity index is 1.55. The molecule has 1 heterocycles. The van der Waals surface area contributed by atoms with E-state index in [-0.39, 0.29) is 18.1 Å². The van der Waals surface area contributed by atoms with Gasteiger partial charge in [-0.25, -0.2) is 9.07 Å². The molecule has 0 amide bonds. The lowest BCUT2D eigenvalue weighted by atomic mass is 10.2. The van der Waals surface area contributed by atoms with Gasteiger partial charge in [0.25, 0.3) is 0 Å². The highest BCUT2D eigenvalue weighted by Gasteiger charge is 2.20. The van der Waals surface area contributed by atoms with E-state index in [4.69, 9.17) is 27.9 Å². The number of hydrogen-bond acceptors (Lipinski definition) is 5. The second-order valence-corrected chi connectivity index (χ2v) is 7.18. The van der Waals surface area contributed by atoms with Crippen molar-refractivity contribution in [3.05, 3.63) is 70.1 Å². The maximum Gasteiger partial charge on any atom is 0.192 e. The number of benzene rings is 2. The molecular formula is C20H19Cl2FN4O2. The number of carbonyl (C=O) groups is 1. The molecule has 152 valence electrons. The van der Waals surface area contributed by atoms with Gasteiger partial charge >= 0.3 is 0 Å². The normalized spacial score (nSPS) is 11.9. The highest BCUT2D eigenvalue weighted by molar-refractivity contribution is 6.35. The largest absolute Gasteiger partial charge is 0.481 e. The maximum absolute atomic E-state index is 13.0. The van der Waals surface area contributed by atoms with Crippen LogP contribution >= 0.6 is 23.2 Å². The summed E-state index contributed by atoms with van der Waals surface area (Å²) in [5.41, 5.74) is 0.887. The first-order valence-corrected chi connectivity index (χ1v) is 9.73. The van der Waals surface area contributed by atoms with Crippen molar-refractivity contribution in [2.45, 2.75) is 26.0 Å². The van der Waals surface area contributed by atoms with Gasteiger partial charge in [-0.2, -0.15) is 0 Å². The second-order valence-electron chi connectivity index (χ2n) is 6.34. The Labute approximate surface area is 177 Å². The number of rotatable bonds is 9. The first-order chi connectivity index (χ1) is 13.9. The highest BCUT2D eigenvalue weighted by atomic mass is 35.5. The third kappa shape index (κ3) is 5.92. The monoisotopic (exact) mass is 436 g/mol. The summed E-state index contributed by atoms with van der Waals surface area (Å²) in [5.74, 6) is 0.425. The molecule has 0 aliphatic heterocycles. The number of hydrogen-bond donors (Lipinski definition) is 1. The van der Waals surface area contributed by atoms with Crippen molar-refractivity contribution in [1.82, 2.24) is 15.0 Å². The molecule has 29 heavy (non-hydrogen) atoms. The van der Waals surface area contributed by atoms with Crippen LogP contribution in [0.3, 0.4) is 0 Å². The van der Waals surface area contributed by atoms with Crippen LogP contribution in [0, 0.1) is 5.82 Å². The van der Waals surface area contributed by atoms with Crippen molar-refractivity contribution in [2.24, 2.45) is 0 Å². The van der Waals surface area contributed by atoms with E-state index in [9.17, 15) is 9.18 Å². The molecule has 3 aromatic rings. The lowest BCUT2D eigenvalue weighted by molar-refractivity contribution is -0.124. The van der Waals surface area contributed by atoms with Crippen LogP contribution in [0.25, 0.3) is 0 Å². The molecule has 9 heteroatoms. The topological polar surface area (TPSA) is 69.0 Å². The van der Waals surface area contributed by atoms with Gasteiger partial charge in [-0.3, -0.25) is 4.79 Å². The molecule has 0 fully saturated rings. The van der Waals surface area contributed by atoms with Crippen LogP contribution in [0.5, 0.6) is 5.75 Å². The van der Waals surface area contributed by atoms with E-state index in [2.05, 4.69) is 15.6 Å². The summed E-state index contributed by atoms with van der Waals surface area (Å²) in [4.78, 5) is 12.5. The summed E-state index contributed by atoms with van der Waals surface area (Å²) < 4.78 is 20.3. The van der Waals surface area contributed by atoms with Crippen molar-refractivity contribution < 1.29 is 13.9 Å². The summed E-state index contributed by atoms with van der Waals surface area (Å²) in [5, 5.41) is 11.8. The van der Waals surface area contributed by atoms with Crippen molar-refractivity contribution >= 4 is 34.8 Å². The molecule has 1 unspecified atom stereocenters. The lowest BCUT2D eigenvalue weighted by Crippen LogP contribution is -2.32. The van der Waals surface area contributed by atoms with Crippen LogP contribution in [-0.2, 0) is 11.3 Å². The fraction of sp³-hybridized carbons (Fsp3) is 0.250. The van der Waals surface area contributed by atoms with Crippen molar-refractivity contribution in [3.63, 3.8) is 0 Å². The van der Waals surface area contributed by atoms with Gasteiger partial charge in [0.05, 0.1) is 24.3 Å². The summed E-state index contributed by atoms with van der Waals surface area (Å²) >= 11 is 12.0. The first kappa shape index (κ1) is 21.1. The molecular weight excluding hydrogens is 418 g/mol. The molecule has 0 aliphatic carbocycles. The third-order valence-electron chi connectivity index (χ3n) is 4.13. The molecule has 6 nitrogen and oxygen atoms in total. The molecule has 3 rings (SSSR count). The fourth-order valence-corrected chi connectivity index (χ4v) is 3.08. The van der Waals surface area contributed by atoms with Crippen LogP contribution in [0.2, 0.25) is 10.0 Å². The van der Waals surface area contributed by atoms with Gasteiger partial charge in [-0.05, 0) is 42.3 Å². The zero-order chi connectivity index (χ0) is 20.8. The Hall–Kier alpha value is -2.64. The van der Waals surface area contributed by atoms with Gasteiger partial charge in [0.1, 0.15) is 11.6 Å². The van der Waals surface area contributed by atoms with Crippen molar-refractivity contribution in [1.29, 1.82) is 0 Å². The number of carbonyl (C=O) groups excluding carboxylic acids is 1. The Morgan fingerprint density at radius 3 is 2.69 bits per heavy atom. The Morgan fingerprint density at radius 2 is 2.00 bits per heavy atom. The van der Waals surface area contributed by atoms with E-state index in [0.29, 0.717) is 34.6 Å². The number of ether oxygens (including phenoxy) is 1. The van der Waals surface area contributed by atoms with Crippen LogP contribution in [0.4, 0.5) is 10.2 Å². The Morgan fingerprint density at radius 1 is 1.24 bits per heavy atom. The average Bonchev–Trinajstić information content (AvgIpc) is 3.15. The van der Waals surface area contributed by atoms with Crippen LogP contribution in [-0.4, -0.2) is 33.4 Å². The van der Waals surface area contributed by atoms with E-state index in [1.807, 2.05) is 6.92 Å². The molecule has 0 spiro atoms. The number of aromatic nitrogens is 3. The van der Waals surface area contributed by atoms with Gasteiger partial charge in [0.2, 0.25) is 0 Å². The van der Waals surface area contributed by atoms with Gasteiger partial charge in [0, 0.05) is 5.02 Å². The first-order valence-electron chi connectivity index (χ1n) is 8.97. The SMILES string of the molecule is CCC(Oc1ccc(Cl)cc1Cl)C(=O)CNc1cn(Cc2ccc(F)cc2)nn1. The van der Waals surface area contributed by atoms with Crippen molar-refractivity contribution in [3.8, 4) is 5.75 Å². The number of ketones is 1. The molecule has 0 saturated carbocycles. The van der Waals surface area contributed by atoms with Gasteiger partial charge < -0.3 is 10.1 Å². The van der Waals surface area contributed by atoms with Gasteiger partial charge in [0.15, 0.2) is 17.7 Å². The van der Waals surface area contributed by atoms with E-state index >= 15 is 0 Å². The van der Waals surface area contributed by atoms with E-state index < -0.39 is 6.10 Å². The number of nitrogens with zero attached hydrogens (tertiary/aromatic N) is 3. The highest BCUT2D eigenvalue weighted by Crippen LogP contribution is 2.28. The standard InChI is InChI=1S/C20H19Cl2FN4O2/c1-2-18(29-19-8-5-14(21)9-16(19)22)17(28)10-24-20-12-27(26-25-20)11-13-3-6-15(23)7-4-13/h3-9,12,18,24H,2,10-11H2,1H3. The quantitative estimate of drug-likeness (QED) is 0.530. The van der Waals surface area contributed by atoms with Gasteiger partial charge in [-0.15, -0.1) is 5.10 Å². The smallest absolute Gasteiger partial charge is 0.192 e. The molecule has 0 radical (unpaired) electrons. The third-order valence-corrected chi connectivity index (χ3v) is 4.66. The molecule has 0 bridgehead atoms. The summed E-state index contributed by atoms with van der Waals surface area (Å²) in [6, 6.07) is 11.0. The molecule has 2 aromatic carbocycles. The summed E-state index contributed by atoms with van der Waals surface area (Å²) in [6.07, 6.45) is 1.50. The molecule has 1 atom stereocenters. The van der Waals surface area contributed by atoms with Crippen LogP contribution in [0.1, 0.15) is 18.9 Å². The Bertz CT molecular complexity index is 979. The summed E-state index contributed by atoms with van der Waals surface area (Å²) in [7, 11) is 0. The minimum Gasteiger partial charge on any atom is -0.481 e. The lowest BCUT2D eigenvalue weighted by Gasteiger charge is -2.17. The molecule has 1 N–H and O–H groups in total. The summed E-state index contributed by atoms with van der Waals surface area (Å²) in [6.45, 7) is 2.32. The zero-order valence-corrected chi connectivity index (χ0v) is 17.1. The van der Waals surface area contributed by atoms with E-state index in [0.717, 1.165) is 5.56 Å². The van der Waals surface area contributed by atoms with Crippen LogP contribution in [0.15, 0.2) is 48.7 Å². The van der Waals surface area contributed by atoms with Crippen LogP contribution < -0.4 is 10.1 Å². The minimum absolute atomic E-state index is 0.0267. The number of nitrogens with one attached hydrogen (secondary N) is 1. The zero-order valence-electron chi connectivity index (χ0n) is 15.6. The van der Waals surface area contributed by atoms with Crippen molar-refractivity contribution in [2.75, 3.05) is 11.9 Å². The van der Waals surface area contributed by atoms with E-state index in [1.54, 1.807) is 41.2 Å². The Kier molecular flexibility index (Phi) is 7.06. The maximum atomic E-state index is 13.0. The minimum atomic E-state index is -0.657. The predicted octanol–water partition coefficient (Wildman–Crippen LogP) is 4.61. The number of Topliss-reactive ketones (excluding diaryl/α,β-unsaturated/α-hetero) is 1. The average molecular weight is 437 g/mol. The predicted molar refractivity (Wildman–Crippen MR) is 110 cm³/mol. The van der Waals surface area contributed by atoms with Gasteiger partial charge in [-0.1, -0.05) is 47.5 Å². The fourth-order valence-electron chi connectivity index (χ4n) is 2.63. The number of halogens is 3. The molecule has 1 aromatic heterocycles.